The maximum absolute atomic E-state index is 12.4. The van der Waals surface area contributed by atoms with E-state index in [2.05, 4.69) is 100 Å². The van der Waals surface area contributed by atoms with Crippen LogP contribution >= 0.6 is 0 Å². The predicted octanol–water partition coefficient (Wildman–Crippen LogP) is 5.36. The highest BCUT2D eigenvalue weighted by molar-refractivity contribution is 5.86. The summed E-state index contributed by atoms with van der Waals surface area (Å²) in [6.45, 7) is 2.67. The Morgan fingerprint density at radius 3 is 1.94 bits per heavy atom. The summed E-state index contributed by atoms with van der Waals surface area (Å²) in [7, 11) is 0. The van der Waals surface area contributed by atoms with E-state index >= 15 is 0 Å². The van der Waals surface area contributed by atoms with Gasteiger partial charge in [0.25, 0.3) is 0 Å². The Morgan fingerprint density at radius 2 is 1.42 bits per heavy atom. The number of hydrogen-bond donors (Lipinski definition) is 3. The Hall–Kier alpha value is -3.96. The van der Waals surface area contributed by atoms with Crippen molar-refractivity contribution in [3.63, 3.8) is 0 Å². The van der Waals surface area contributed by atoms with Crippen LogP contribution in [-0.4, -0.2) is 28.5 Å². The third-order valence-corrected chi connectivity index (χ3v) is 7.22. The quantitative estimate of drug-likeness (QED) is 0.254. The van der Waals surface area contributed by atoms with E-state index in [9.17, 15) is 4.79 Å². The van der Waals surface area contributed by atoms with Gasteiger partial charge in [0.15, 0.2) is 0 Å². The zero-order valence-electron chi connectivity index (χ0n) is 20.5. The lowest BCUT2D eigenvalue weighted by Crippen LogP contribution is -2.47. The molecule has 0 aliphatic carbocycles. The van der Waals surface area contributed by atoms with Gasteiger partial charge in [0, 0.05) is 17.8 Å². The van der Waals surface area contributed by atoms with Crippen molar-refractivity contribution < 1.29 is 4.79 Å². The number of rotatable bonds is 10. The number of amides is 1. The molecule has 1 amide bonds. The Bertz CT molecular complexity index is 1370. The van der Waals surface area contributed by atoms with Crippen LogP contribution in [0.3, 0.4) is 0 Å². The van der Waals surface area contributed by atoms with E-state index in [1.54, 1.807) is 12.5 Å². The summed E-state index contributed by atoms with van der Waals surface area (Å²) >= 11 is 0. The van der Waals surface area contributed by atoms with Crippen molar-refractivity contribution in [3.05, 3.63) is 114 Å². The van der Waals surface area contributed by atoms with E-state index in [-0.39, 0.29) is 17.7 Å². The van der Waals surface area contributed by atoms with Crippen LogP contribution in [0.4, 0.5) is 0 Å². The molecule has 1 heterocycles. The number of benzene rings is 4. The minimum Gasteiger partial charge on any atom is -0.368 e. The first-order chi connectivity index (χ1) is 17.6. The van der Waals surface area contributed by atoms with Crippen LogP contribution in [0.5, 0.6) is 0 Å². The molecular weight excluding hydrogens is 444 g/mol. The Balaban J connectivity index is 1.44. The summed E-state index contributed by atoms with van der Waals surface area (Å²) in [5, 5.41) is 8.57. The monoisotopic (exact) mass is 476 g/mol. The average Bonchev–Trinajstić information content (AvgIpc) is 3.44. The van der Waals surface area contributed by atoms with Crippen molar-refractivity contribution in [2.45, 2.75) is 31.7 Å². The number of aromatic nitrogens is 2. The molecule has 36 heavy (non-hydrogen) atoms. The number of carbonyl (C=O) groups is 1. The van der Waals surface area contributed by atoms with Crippen molar-refractivity contribution in [2.24, 2.45) is 11.7 Å². The van der Waals surface area contributed by atoms with Gasteiger partial charge in [-0.25, -0.2) is 4.98 Å². The van der Waals surface area contributed by atoms with Crippen LogP contribution in [0.25, 0.3) is 21.5 Å². The van der Waals surface area contributed by atoms with Crippen molar-refractivity contribution in [2.75, 3.05) is 6.54 Å². The van der Waals surface area contributed by atoms with E-state index in [0.29, 0.717) is 6.54 Å². The first kappa shape index (κ1) is 23.8. The molecule has 0 fully saturated rings. The molecule has 5 nitrogen and oxygen atoms in total. The normalized spacial score (nSPS) is 13.3. The number of nitrogens with zero attached hydrogens (tertiary/aromatic N) is 1. The van der Waals surface area contributed by atoms with Gasteiger partial charge in [-0.2, -0.15) is 0 Å². The van der Waals surface area contributed by atoms with E-state index < -0.39 is 6.04 Å². The molecule has 0 aliphatic rings. The second kappa shape index (κ2) is 10.8. The van der Waals surface area contributed by atoms with Gasteiger partial charge in [-0.05, 0) is 58.0 Å². The van der Waals surface area contributed by atoms with Gasteiger partial charge >= 0.3 is 0 Å². The molecule has 4 aromatic carbocycles. The number of fused-ring (bicyclic) bond motifs is 2. The zero-order valence-corrected chi connectivity index (χ0v) is 20.5. The molecule has 182 valence electrons. The molecule has 2 atom stereocenters. The molecule has 0 radical (unpaired) electrons. The van der Waals surface area contributed by atoms with E-state index in [0.717, 1.165) is 18.5 Å². The molecule has 0 saturated carbocycles. The molecule has 5 aromatic rings. The maximum atomic E-state index is 12.4. The van der Waals surface area contributed by atoms with Gasteiger partial charge in [-0.1, -0.05) is 91.9 Å². The van der Waals surface area contributed by atoms with Crippen LogP contribution in [0.15, 0.2) is 97.5 Å². The molecule has 5 rings (SSSR count). The molecular formula is C31H32N4O. The summed E-state index contributed by atoms with van der Waals surface area (Å²) in [6.07, 6.45) is 5.17. The molecule has 0 aliphatic heterocycles. The fourth-order valence-electron chi connectivity index (χ4n) is 5.29. The van der Waals surface area contributed by atoms with Crippen molar-refractivity contribution >= 4 is 27.5 Å². The van der Waals surface area contributed by atoms with Gasteiger partial charge < -0.3 is 16.0 Å². The van der Waals surface area contributed by atoms with Gasteiger partial charge in [-0.15, -0.1) is 0 Å². The topological polar surface area (TPSA) is 83.8 Å². The lowest BCUT2D eigenvalue weighted by Gasteiger charge is -2.26. The lowest BCUT2D eigenvalue weighted by molar-refractivity contribution is -0.120. The number of aromatic amines is 1. The number of carbonyl (C=O) groups excluding carboxylic acids is 1. The third kappa shape index (κ3) is 5.16. The van der Waals surface area contributed by atoms with E-state index in [1.165, 1.54) is 32.7 Å². The summed E-state index contributed by atoms with van der Waals surface area (Å²) < 4.78 is 0. The molecule has 0 bridgehead atoms. The minimum atomic E-state index is -0.493. The molecule has 2 unspecified atom stereocenters. The second-order valence-electron chi connectivity index (χ2n) is 9.63. The molecule has 5 heteroatoms. The smallest absolute Gasteiger partial charge is 0.235 e. The number of nitrogens with one attached hydrogen (secondary N) is 2. The van der Waals surface area contributed by atoms with Gasteiger partial charge in [0.05, 0.1) is 12.4 Å². The number of nitrogens with two attached hydrogens (primary N) is 1. The van der Waals surface area contributed by atoms with Crippen LogP contribution < -0.4 is 11.1 Å². The standard InChI is InChI=1S/C31H32N4O/c1-21(29-19-33-20-35-29)30(31(32)36)34-18-22(16-25-12-6-10-23-8-2-4-14-27(23)25)17-26-13-7-11-24-9-3-5-15-28(24)26/h2-15,19-22,30,34H,16-18H2,1H3,(H2,32,36)(H,33,35). The highest BCUT2D eigenvalue weighted by Gasteiger charge is 2.26. The van der Waals surface area contributed by atoms with Gasteiger partial charge in [0.2, 0.25) is 5.91 Å². The number of primary amides is 1. The van der Waals surface area contributed by atoms with E-state index in [1.807, 2.05) is 6.92 Å². The average molecular weight is 477 g/mol. The molecule has 1 aromatic heterocycles. The zero-order chi connectivity index (χ0) is 24.9. The van der Waals surface area contributed by atoms with E-state index in [4.69, 9.17) is 5.73 Å². The van der Waals surface area contributed by atoms with Crippen LogP contribution in [0, 0.1) is 5.92 Å². The van der Waals surface area contributed by atoms with Crippen LogP contribution in [0.2, 0.25) is 0 Å². The fraction of sp³-hybridized carbons (Fsp3) is 0.226. The second-order valence-corrected chi connectivity index (χ2v) is 9.63. The van der Waals surface area contributed by atoms with Gasteiger partial charge in [0.1, 0.15) is 0 Å². The van der Waals surface area contributed by atoms with Crippen molar-refractivity contribution in [1.29, 1.82) is 0 Å². The molecule has 0 saturated heterocycles. The Morgan fingerprint density at radius 1 is 0.861 bits per heavy atom. The summed E-state index contributed by atoms with van der Waals surface area (Å²) in [5.41, 5.74) is 9.38. The highest BCUT2D eigenvalue weighted by atomic mass is 16.1. The van der Waals surface area contributed by atoms with Crippen LogP contribution in [-0.2, 0) is 17.6 Å². The number of imidazole rings is 1. The minimum absolute atomic E-state index is 0.110. The largest absolute Gasteiger partial charge is 0.368 e. The van der Waals surface area contributed by atoms with Crippen LogP contribution in [0.1, 0.15) is 29.7 Å². The van der Waals surface area contributed by atoms with Crippen molar-refractivity contribution in [1.82, 2.24) is 15.3 Å². The summed E-state index contributed by atoms with van der Waals surface area (Å²) in [6, 6.07) is 29.6. The first-order valence-corrected chi connectivity index (χ1v) is 12.5. The SMILES string of the molecule is CC(c1cnc[nH]1)C(NCC(Cc1cccc2ccccc12)Cc1cccc2ccccc12)C(N)=O. The Labute approximate surface area is 211 Å². The lowest BCUT2D eigenvalue weighted by atomic mass is 9.88. The Kier molecular flexibility index (Phi) is 7.10. The van der Waals surface area contributed by atoms with Gasteiger partial charge in [-0.3, -0.25) is 4.79 Å². The van der Waals surface area contributed by atoms with Crippen molar-refractivity contribution in [3.8, 4) is 0 Å². The highest BCUT2D eigenvalue weighted by Crippen LogP contribution is 2.26. The third-order valence-electron chi connectivity index (χ3n) is 7.22. The number of hydrogen-bond acceptors (Lipinski definition) is 3. The number of H-pyrrole nitrogens is 1. The summed E-state index contributed by atoms with van der Waals surface area (Å²) in [5.74, 6) is -0.204. The fourth-order valence-corrected chi connectivity index (χ4v) is 5.29. The first-order valence-electron chi connectivity index (χ1n) is 12.5. The molecule has 0 spiro atoms. The molecule has 4 N–H and O–H groups in total. The predicted molar refractivity (Wildman–Crippen MR) is 147 cm³/mol. The summed E-state index contributed by atoms with van der Waals surface area (Å²) in [4.78, 5) is 19.7. The maximum Gasteiger partial charge on any atom is 0.235 e.